The fourth-order valence-corrected chi connectivity index (χ4v) is 3.45. The second-order valence-electron chi connectivity index (χ2n) is 5.79. The third-order valence-electron chi connectivity index (χ3n) is 4.57. The molecule has 1 fully saturated rings. The van der Waals surface area contributed by atoms with Crippen molar-refractivity contribution in [3.63, 3.8) is 0 Å². The molecule has 0 saturated carbocycles. The largest absolute Gasteiger partial charge is 0.396 e. The van der Waals surface area contributed by atoms with E-state index in [4.69, 9.17) is 0 Å². The fourth-order valence-electron chi connectivity index (χ4n) is 3.45. The molecule has 23 heavy (non-hydrogen) atoms. The highest BCUT2D eigenvalue weighted by Gasteiger charge is 2.34. The smallest absolute Gasteiger partial charge is 0.301 e. The molecule has 1 aliphatic heterocycles. The number of aromatic nitrogens is 1. The lowest BCUT2D eigenvalue weighted by Gasteiger charge is -2.41. The molecule has 1 aromatic heterocycles. The predicted octanol–water partition coefficient (Wildman–Crippen LogP) is 1.71. The number of piperidine rings is 1. The minimum Gasteiger partial charge on any atom is -0.396 e. The van der Waals surface area contributed by atoms with Gasteiger partial charge in [-0.1, -0.05) is 0 Å². The Bertz CT molecular complexity index is 722. The molecule has 0 aliphatic carbocycles. The predicted molar refractivity (Wildman–Crippen MR) is 86.4 cm³/mol. The van der Waals surface area contributed by atoms with E-state index in [0.717, 1.165) is 12.8 Å². The molecule has 7 nitrogen and oxygen atoms in total. The summed E-state index contributed by atoms with van der Waals surface area (Å²) < 4.78 is 0. The molecule has 1 saturated heterocycles. The first-order valence-corrected chi connectivity index (χ1v) is 7.68. The van der Waals surface area contributed by atoms with Gasteiger partial charge in [-0.05, 0) is 37.1 Å². The third kappa shape index (κ3) is 2.73. The van der Waals surface area contributed by atoms with E-state index in [1.807, 2.05) is 4.90 Å². The molecule has 2 atom stereocenters. The number of hydrogen-bond donors (Lipinski definition) is 2. The molecule has 7 heteroatoms. The highest BCUT2D eigenvalue weighted by Crippen LogP contribution is 2.38. The zero-order chi connectivity index (χ0) is 16.4. The zero-order valence-electron chi connectivity index (χ0n) is 12.6. The van der Waals surface area contributed by atoms with Gasteiger partial charge in [0, 0.05) is 25.3 Å². The van der Waals surface area contributed by atoms with Gasteiger partial charge in [-0.25, -0.2) is 0 Å². The van der Waals surface area contributed by atoms with E-state index >= 15 is 0 Å². The van der Waals surface area contributed by atoms with Crippen LogP contribution in [0.25, 0.3) is 10.9 Å². The van der Waals surface area contributed by atoms with Gasteiger partial charge >= 0.3 is 5.69 Å². The number of hydrogen-bond acceptors (Lipinski definition) is 6. The van der Waals surface area contributed by atoms with Crippen LogP contribution < -0.4 is 4.90 Å². The quantitative estimate of drug-likeness (QED) is 0.658. The summed E-state index contributed by atoms with van der Waals surface area (Å²) in [6.07, 6.45) is 3.23. The first kappa shape index (κ1) is 15.6. The minimum absolute atomic E-state index is 0.00707. The van der Waals surface area contributed by atoms with E-state index in [0.29, 0.717) is 23.1 Å². The van der Waals surface area contributed by atoms with Crippen molar-refractivity contribution in [1.29, 1.82) is 0 Å². The van der Waals surface area contributed by atoms with Crippen LogP contribution >= 0.6 is 0 Å². The molecule has 0 unspecified atom stereocenters. The molecule has 1 aliphatic rings. The number of nitro groups is 1. The summed E-state index contributed by atoms with van der Waals surface area (Å²) in [4.78, 5) is 17.3. The normalized spacial score (nSPS) is 21.6. The van der Waals surface area contributed by atoms with Crippen LogP contribution in [0.1, 0.15) is 12.8 Å². The summed E-state index contributed by atoms with van der Waals surface area (Å²) in [7, 11) is 0. The molecule has 2 heterocycles. The van der Waals surface area contributed by atoms with Crippen LogP contribution in [0.4, 0.5) is 11.4 Å². The van der Waals surface area contributed by atoms with Gasteiger partial charge in [-0.2, -0.15) is 0 Å². The number of pyridine rings is 1. The minimum atomic E-state index is -0.393. The molecular formula is C16H19N3O4. The van der Waals surface area contributed by atoms with E-state index in [1.165, 1.54) is 0 Å². The lowest BCUT2D eigenvalue weighted by molar-refractivity contribution is -0.382. The average molecular weight is 317 g/mol. The van der Waals surface area contributed by atoms with Crippen molar-refractivity contribution >= 4 is 22.3 Å². The Balaban J connectivity index is 2.14. The van der Waals surface area contributed by atoms with Crippen LogP contribution in [-0.4, -0.2) is 45.9 Å². The monoisotopic (exact) mass is 317 g/mol. The molecule has 2 N–H and O–H groups in total. The van der Waals surface area contributed by atoms with E-state index in [-0.39, 0.29) is 30.9 Å². The zero-order valence-corrected chi connectivity index (χ0v) is 12.6. The Hall–Kier alpha value is -2.25. The maximum Gasteiger partial charge on any atom is 0.301 e. The van der Waals surface area contributed by atoms with Crippen molar-refractivity contribution in [3.05, 3.63) is 40.6 Å². The van der Waals surface area contributed by atoms with Gasteiger partial charge in [0.2, 0.25) is 0 Å². The molecule has 0 spiro atoms. The van der Waals surface area contributed by atoms with Crippen molar-refractivity contribution in [2.75, 3.05) is 24.7 Å². The molecule has 0 amide bonds. The number of nitro benzene ring substituents is 1. The van der Waals surface area contributed by atoms with Crippen molar-refractivity contribution in [2.24, 2.45) is 5.92 Å². The van der Waals surface area contributed by atoms with Gasteiger partial charge < -0.3 is 15.1 Å². The Kier molecular flexibility index (Phi) is 4.40. The van der Waals surface area contributed by atoms with Crippen LogP contribution in [0.2, 0.25) is 0 Å². The number of aliphatic hydroxyl groups is 2. The summed E-state index contributed by atoms with van der Waals surface area (Å²) in [6, 6.07) is 6.49. The number of benzene rings is 1. The van der Waals surface area contributed by atoms with E-state index in [2.05, 4.69) is 4.98 Å². The third-order valence-corrected chi connectivity index (χ3v) is 4.57. The number of nitrogens with zero attached hydrogens (tertiary/aromatic N) is 3. The molecule has 1 aromatic carbocycles. The lowest BCUT2D eigenvalue weighted by atomic mass is 9.89. The van der Waals surface area contributed by atoms with E-state index in [1.54, 1.807) is 30.5 Å². The topological polar surface area (TPSA) is 99.7 Å². The van der Waals surface area contributed by atoms with Gasteiger partial charge in [0.15, 0.2) is 0 Å². The van der Waals surface area contributed by atoms with Crippen LogP contribution in [-0.2, 0) is 0 Å². The SMILES string of the molecule is O=[N+]([O-])c1c(N2CCC[C@@H](CO)[C@H]2CO)ccc2ncccc12. The molecule has 122 valence electrons. The second kappa shape index (κ2) is 6.47. The standard InChI is InChI=1S/C16H19N3O4/c20-9-11-3-2-8-18(15(11)10-21)14-6-5-13-12(4-1-7-17-13)16(14)19(22)23/h1,4-7,11,15,20-21H,2-3,8-10H2/t11-,15+/m0/s1. The molecule has 3 rings (SSSR count). The Morgan fingerprint density at radius 2 is 2.13 bits per heavy atom. The summed E-state index contributed by atoms with van der Waals surface area (Å²) in [6.45, 7) is 0.437. The van der Waals surface area contributed by atoms with Crippen LogP contribution in [0.5, 0.6) is 0 Å². The Labute approximate surface area is 133 Å². The fraction of sp³-hybridized carbons (Fsp3) is 0.438. The molecule has 0 radical (unpaired) electrons. The summed E-state index contributed by atoms with van der Waals surface area (Å²) in [5, 5.41) is 31.4. The first-order chi connectivity index (χ1) is 11.2. The van der Waals surface area contributed by atoms with Crippen LogP contribution in [0, 0.1) is 16.0 Å². The maximum absolute atomic E-state index is 11.7. The lowest BCUT2D eigenvalue weighted by Crippen LogP contribution is -2.49. The van der Waals surface area contributed by atoms with Crippen molar-refractivity contribution in [2.45, 2.75) is 18.9 Å². The molecule has 0 bridgehead atoms. The first-order valence-electron chi connectivity index (χ1n) is 7.68. The summed E-state index contributed by atoms with van der Waals surface area (Å²) in [5.74, 6) is -0.0852. The number of rotatable bonds is 4. The second-order valence-corrected chi connectivity index (χ2v) is 5.79. The highest BCUT2D eigenvalue weighted by atomic mass is 16.6. The van der Waals surface area contributed by atoms with Crippen LogP contribution in [0.3, 0.4) is 0 Å². The number of anilines is 1. The summed E-state index contributed by atoms with van der Waals surface area (Å²) >= 11 is 0. The van der Waals surface area contributed by atoms with Crippen LogP contribution in [0.15, 0.2) is 30.5 Å². The van der Waals surface area contributed by atoms with Crippen molar-refractivity contribution in [1.82, 2.24) is 4.98 Å². The van der Waals surface area contributed by atoms with E-state index < -0.39 is 4.92 Å². The van der Waals surface area contributed by atoms with Crippen molar-refractivity contribution in [3.8, 4) is 0 Å². The number of fused-ring (bicyclic) bond motifs is 1. The average Bonchev–Trinajstić information content (AvgIpc) is 2.59. The maximum atomic E-state index is 11.7. The van der Waals surface area contributed by atoms with Gasteiger partial charge in [-0.3, -0.25) is 15.1 Å². The van der Waals surface area contributed by atoms with Gasteiger partial charge in [0.1, 0.15) is 5.69 Å². The van der Waals surface area contributed by atoms with E-state index in [9.17, 15) is 20.3 Å². The summed E-state index contributed by atoms with van der Waals surface area (Å²) in [5.41, 5.74) is 1.06. The molecular weight excluding hydrogens is 298 g/mol. The van der Waals surface area contributed by atoms with Gasteiger partial charge in [-0.15, -0.1) is 0 Å². The van der Waals surface area contributed by atoms with Gasteiger partial charge in [0.25, 0.3) is 0 Å². The highest BCUT2D eigenvalue weighted by molar-refractivity contribution is 5.94. The van der Waals surface area contributed by atoms with Gasteiger partial charge in [0.05, 0.1) is 28.5 Å². The Morgan fingerprint density at radius 1 is 1.30 bits per heavy atom. The Morgan fingerprint density at radius 3 is 2.83 bits per heavy atom. The molecule has 2 aromatic rings. The van der Waals surface area contributed by atoms with Crippen molar-refractivity contribution < 1.29 is 15.1 Å². The number of aliphatic hydroxyl groups excluding tert-OH is 2.